The van der Waals surface area contributed by atoms with Crippen molar-refractivity contribution < 1.29 is 14.3 Å². The number of fused-ring (bicyclic) bond motifs is 1. The van der Waals surface area contributed by atoms with Crippen molar-refractivity contribution in [2.45, 2.75) is 19.4 Å². The van der Waals surface area contributed by atoms with Crippen LogP contribution in [0.15, 0.2) is 0 Å². The van der Waals surface area contributed by atoms with Gasteiger partial charge in [-0.2, -0.15) is 5.10 Å². The number of rotatable bonds is 2. The molecule has 0 saturated carbocycles. The summed E-state index contributed by atoms with van der Waals surface area (Å²) in [7, 11) is 0. The topological polar surface area (TPSA) is 78.5 Å². The molecule has 20 heavy (non-hydrogen) atoms. The normalized spacial score (nSPS) is 21.9. The monoisotopic (exact) mass is 298 g/mol. The van der Waals surface area contributed by atoms with E-state index in [9.17, 15) is 9.59 Å². The van der Waals surface area contributed by atoms with Crippen LogP contribution in [-0.4, -0.2) is 64.3 Å². The SMILES string of the molecule is CCc1[nH]nc(C(=O)N2CCN3C(=O)OCC3C2)c1Cl. The van der Waals surface area contributed by atoms with Crippen LogP contribution < -0.4 is 0 Å². The lowest BCUT2D eigenvalue weighted by Gasteiger charge is -2.34. The van der Waals surface area contributed by atoms with Crippen molar-refractivity contribution in [3.8, 4) is 0 Å². The van der Waals surface area contributed by atoms with Crippen molar-refractivity contribution in [3.63, 3.8) is 0 Å². The van der Waals surface area contributed by atoms with Crippen molar-refractivity contribution in [1.82, 2.24) is 20.0 Å². The van der Waals surface area contributed by atoms with Gasteiger partial charge in [-0.3, -0.25) is 14.8 Å². The smallest absolute Gasteiger partial charge is 0.410 e. The highest BCUT2D eigenvalue weighted by atomic mass is 35.5. The van der Waals surface area contributed by atoms with Gasteiger partial charge in [-0.05, 0) is 6.42 Å². The number of aromatic amines is 1. The van der Waals surface area contributed by atoms with E-state index in [0.29, 0.717) is 37.7 Å². The van der Waals surface area contributed by atoms with Crippen LogP contribution in [-0.2, 0) is 11.2 Å². The number of nitrogens with zero attached hydrogens (tertiary/aromatic N) is 3. The van der Waals surface area contributed by atoms with E-state index in [1.54, 1.807) is 9.80 Å². The van der Waals surface area contributed by atoms with Crippen LogP contribution in [0.2, 0.25) is 5.02 Å². The Morgan fingerprint density at radius 1 is 1.55 bits per heavy atom. The number of H-pyrrole nitrogens is 1. The van der Waals surface area contributed by atoms with Gasteiger partial charge in [0, 0.05) is 19.6 Å². The van der Waals surface area contributed by atoms with Gasteiger partial charge < -0.3 is 9.64 Å². The third-order valence-electron chi connectivity index (χ3n) is 3.74. The quantitative estimate of drug-likeness (QED) is 0.880. The first-order valence-electron chi connectivity index (χ1n) is 6.57. The molecule has 0 bridgehead atoms. The number of piperazine rings is 1. The molecule has 2 aliphatic heterocycles. The molecule has 1 unspecified atom stereocenters. The average molecular weight is 299 g/mol. The first-order valence-corrected chi connectivity index (χ1v) is 6.95. The lowest BCUT2D eigenvalue weighted by atomic mass is 10.2. The summed E-state index contributed by atoms with van der Waals surface area (Å²) in [5.74, 6) is -0.204. The molecular weight excluding hydrogens is 284 g/mol. The summed E-state index contributed by atoms with van der Waals surface area (Å²) < 4.78 is 4.98. The Balaban J connectivity index is 1.75. The van der Waals surface area contributed by atoms with Gasteiger partial charge in [-0.15, -0.1) is 0 Å². The fourth-order valence-electron chi connectivity index (χ4n) is 2.56. The van der Waals surface area contributed by atoms with Crippen molar-refractivity contribution in [2.24, 2.45) is 0 Å². The molecule has 2 amide bonds. The van der Waals surface area contributed by atoms with Crippen molar-refractivity contribution in [2.75, 3.05) is 26.2 Å². The summed E-state index contributed by atoms with van der Waals surface area (Å²) >= 11 is 6.14. The minimum absolute atomic E-state index is 0.0661. The maximum Gasteiger partial charge on any atom is 0.410 e. The summed E-state index contributed by atoms with van der Waals surface area (Å²) in [4.78, 5) is 27.2. The van der Waals surface area contributed by atoms with Gasteiger partial charge in [-0.25, -0.2) is 4.79 Å². The summed E-state index contributed by atoms with van der Waals surface area (Å²) in [6.07, 6.45) is 0.394. The fourth-order valence-corrected chi connectivity index (χ4v) is 2.86. The second-order valence-electron chi connectivity index (χ2n) is 4.89. The molecule has 0 aromatic carbocycles. The third kappa shape index (κ3) is 2.02. The van der Waals surface area contributed by atoms with Crippen LogP contribution in [0.5, 0.6) is 0 Å². The maximum absolute atomic E-state index is 12.4. The molecule has 0 aliphatic carbocycles. The fraction of sp³-hybridized carbons (Fsp3) is 0.583. The zero-order chi connectivity index (χ0) is 14.3. The van der Waals surface area contributed by atoms with E-state index in [1.165, 1.54) is 0 Å². The van der Waals surface area contributed by atoms with Crippen molar-refractivity contribution >= 4 is 23.6 Å². The Morgan fingerprint density at radius 3 is 3.05 bits per heavy atom. The van der Waals surface area contributed by atoms with Crippen molar-refractivity contribution in [1.29, 1.82) is 0 Å². The van der Waals surface area contributed by atoms with E-state index >= 15 is 0 Å². The first-order chi connectivity index (χ1) is 9.61. The minimum Gasteiger partial charge on any atom is -0.447 e. The number of ether oxygens (including phenoxy) is 1. The molecule has 3 rings (SSSR count). The van der Waals surface area contributed by atoms with Crippen LogP contribution in [0.3, 0.4) is 0 Å². The third-order valence-corrected chi connectivity index (χ3v) is 4.14. The molecule has 0 spiro atoms. The van der Waals surface area contributed by atoms with Crippen LogP contribution in [0, 0.1) is 0 Å². The molecule has 1 aromatic heterocycles. The van der Waals surface area contributed by atoms with Gasteiger partial charge >= 0.3 is 6.09 Å². The van der Waals surface area contributed by atoms with Crippen LogP contribution in [0.25, 0.3) is 0 Å². The molecule has 1 aromatic rings. The highest BCUT2D eigenvalue weighted by Gasteiger charge is 2.39. The summed E-state index contributed by atoms with van der Waals surface area (Å²) in [6, 6.07) is -0.0661. The number of aryl methyl sites for hydroxylation is 1. The number of hydrogen-bond acceptors (Lipinski definition) is 4. The molecule has 2 fully saturated rings. The van der Waals surface area contributed by atoms with Gasteiger partial charge in [0.05, 0.1) is 16.8 Å². The number of halogens is 1. The largest absolute Gasteiger partial charge is 0.447 e. The Morgan fingerprint density at radius 2 is 2.35 bits per heavy atom. The number of amides is 2. The molecule has 3 heterocycles. The highest BCUT2D eigenvalue weighted by molar-refractivity contribution is 6.34. The Bertz CT molecular complexity index is 559. The number of carbonyl (C=O) groups is 2. The van der Waals surface area contributed by atoms with Gasteiger partial charge in [-0.1, -0.05) is 18.5 Å². The predicted octanol–water partition coefficient (Wildman–Crippen LogP) is 0.902. The number of aromatic nitrogens is 2. The van der Waals surface area contributed by atoms with Gasteiger partial charge in [0.15, 0.2) is 5.69 Å². The van der Waals surface area contributed by atoms with Crippen LogP contribution in [0.1, 0.15) is 23.1 Å². The molecule has 2 saturated heterocycles. The van der Waals surface area contributed by atoms with E-state index < -0.39 is 0 Å². The first kappa shape index (κ1) is 13.2. The number of carbonyl (C=O) groups excluding carboxylic acids is 2. The minimum atomic E-state index is -0.298. The molecular formula is C12H15ClN4O3. The predicted molar refractivity (Wildman–Crippen MR) is 70.7 cm³/mol. The number of hydrogen-bond donors (Lipinski definition) is 1. The standard InChI is InChI=1S/C12H15ClN4O3/c1-2-8-9(13)10(15-14-8)11(18)16-3-4-17-7(5-16)6-20-12(17)19/h7H,2-6H2,1H3,(H,14,15). The summed E-state index contributed by atoms with van der Waals surface area (Å²) in [5.41, 5.74) is 1.01. The Kier molecular flexibility index (Phi) is 3.29. The van der Waals surface area contributed by atoms with E-state index in [0.717, 1.165) is 5.69 Å². The summed E-state index contributed by atoms with van der Waals surface area (Å²) in [5, 5.41) is 7.17. The zero-order valence-corrected chi connectivity index (χ0v) is 11.8. The lowest BCUT2D eigenvalue weighted by Crippen LogP contribution is -2.53. The maximum atomic E-state index is 12.4. The molecule has 1 atom stereocenters. The van der Waals surface area contributed by atoms with Crippen molar-refractivity contribution in [3.05, 3.63) is 16.4 Å². The Hall–Kier alpha value is -1.76. The van der Waals surface area contributed by atoms with E-state index in [2.05, 4.69) is 10.2 Å². The zero-order valence-electron chi connectivity index (χ0n) is 11.1. The van der Waals surface area contributed by atoms with Gasteiger partial charge in [0.2, 0.25) is 0 Å². The van der Waals surface area contributed by atoms with E-state index in [1.807, 2.05) is 6.92 Å². The lowest BCUT2D eigenvalue weighted by molar-refractivity contribution is 0.0611. The molecule has 8 heteroatoms. The number of cyclic esters (lactones) is 1. The molecule has 108 valence electrons. The van der Waals surface area contributed by atoms with E-state index in [-0.39, 0.29) is 23.7 Å². The molecule has 1 N–H and O–H groups in total. The second-order valence-corrected chi connectivity index (χ2v) is 5.27. The van der Waals surface area contributed by atoms with Gasteiger partial charge in [0.1, 0.15) is 6.61 Å². The molecule has 7 nitrogen and oxygen atoms in total. The Labute approximate surface area is 120 Å². The molecule has 2 aliphatic rings. The number of nitrogens with one attached hydrogen (secondary N) is 1. The molecule has 0 radical (unpaired) electrons. The highest BCUT2D eigenvalue weighted by Crippen LogP contribution is 2.23. The van der Waals surface area contributed by atoms with Crippen LogP contribution in [0.4, 0.5) is 4.79 Å². The average Bonchev–Trinajstić information content (AvgIpc) is 3.01. The van der Waals surface area contributed by atoms with Gasteiger partial charge in [0.25, 0.3) is 5.91 Å². The summed E-state index contributed by atoms with van der Waals surface area (Å²) in [6.45, 7) is 3.67. The van der Waals surface area contributed by atoms with E-state index in [4.69, 9.17) is 16.3 Å². The van der Waals surface area contributed by atoms with Crippen LogP contribution >= 0.6 is 11.6 Å². The second kappa shape index (κ2) is 4.97.